The molecule has 3 rings (SSSR count). The summed E-state index contributed by atoms with van der Waals surface area (Å²) in [5.74, 6) is 0.665. The predicted molar refractivity (Wildman–Crippen MR) is 104 cm³/mol. The predicted octanol–water partition coefficient (Wildman–Crippen LogP) is 3.01. The van der Waals surface area contributed by atoms with Crippen LogP contribution in [0.1, 0.15) is 36.1 Å². The third kappa shape index (κ3) is 5.69. The van der Waals surface area contributed by atoms with Gasteiger partial charge in [-0.15, -0.1) is 0 Å². The smallest absolute Gasteiger partial charge is 0.238 e. The second kappa shape index (κ2) is 8.86. The average molecular weight is 369 g/mol. The van der Waals surface area contributed by atoms with Gasteiger partial charge < -0.3 is 15.1 Å². The van der Waals surface area contributed by atoms with Crippen LogP contribution in [-0.2, 0) is 16.1 Å². The maximum Gasteiger partial charge on any atom is 0.238 e. The van der Waals surface area contributed by atoms with E-state index in [2.05, 4.69) is 15.5 Å². The van der Waals surface area contributed by atoms with E-state index >= 15 is 0 Å². The summed E-state index contributed by atoms with van der Waals surface area (Å²) in [7, 11) is 0. The van der Waals surface area contributed by atoms with E-state index in [0.717, 1.165) is 35.4 Å². The fourth-order valence-electron chi connectivity index (χ4n) is 3.14. The van der Waals surface area contributed by atoms with Gasteiger partial charge in [0.15, 0.2) is 0 Å². The van der Waals surface area contributed by atoms with Crippen LogP contribution in [0.2, 0.25) is 0 Å². The number of carbonyl (C=O) groups is 2. The van der Waals surface area contributed by atoms with Crippen LogP contribution in [0.15, 0.2) is 41.0 Å². The van der Waals surface area contributed by atoms with Crippen LogP contribution in [0.25, 0.3) is 0 Å². The van der Waals surface area contributed by atoms with Gasteiger partial charge in [0.25, 0.3) is 0 Å². The van der Waals surface area contributed by atoms with Crippen molar-refractivity contribution in [3.05, 3.63) is 53.5 Å². The standard InChI is InChI=1S/C21H27N3O3/c1-15-5-3-6-16(2)21(15)23-20(26)14-24(17-8-9-17)11-10-19(25)22-13-18-7-4-12-27-18/h3-7,12,17H,8-11,13-14H2,1-2H3,(H,22,25)(H,23,26). The molecule has 0 spiro atoms. The zero-order chi connectivity index (χ0) is 19.2. The minimum absolute atomic E-state index is 0.0321. The Balaban J connectivity index is 1.47. The normalized spacial score (nSPS) is 13.6. The highest BCUT2D eigenvalue weighted by Crippen LogP contribution is 2.27. The van der Waals surface area contributed by atoms with Crippen molar-refractivity contribution in [1.29, 1.82) is 0 Å². The first-order chi connectivity index (χ1) is 13.0. The first kappa shape index (κ1) is 19.2. The third-order valence-electron chi connectivity index (χ3n) is 4.82. The number of para-hydroxylation sites is 1. The van der Waals surface area contributed by atoms with Gasteiger partial charge in [-0.1, -0.05) is 18.2 Å². The summed E-state index contributed by atoms with van der Waals surface area (Å²) in [5.41, 5.74) is 2.99. The first-order valence-corrected chi connectivity index (χ1v) is 9.42. The van der Waals surface area contributed by atoms with E-state index in [9.17, 15) is 9.59 Å². The second-order valence-corrected chi connectivity index (χ2v) is 7.12. The lowest BCUT2D eigenvalue weighted by Gasteiger charge is -2.21. The summed E-state index contributed by atoms with van der Waals surface area (Å²) in [6.07, 6.45) is 4.13. The van der Waals surface area contributed by atoms with E-state index < -0.39 is 0 Å². The molecule has 0 atom stereocenters. The zero-order valence-corrected chi connectivity index (χ0v) is 16.0. The highest BCUT2D eigenvalue weighted by atomic mass is 16.3. The molecule has 2 amide bonds. The van der Waals surface area contributed by atoms with E-state index in [1.165, 1.54) is 0 Å². The minimum atomic E-state index is -0.0350. The lowest BCUT2D eigenvalue weighted by molar-refractivity contribution is -0.122. The molecular weight excluding hydrogens is 342 g/mol. The Bertz CT molecular complexity index is 762. The number of hydrogen-bond donors (Lipinski definition) is 2. The molecule has 1 fully saturated rings. The molecule has 1 aromatic carbocycles. The van der Waals surface area contributed by atoms with Gasteiger partial charge in [-0.25, -0.2) is 0 Å². The summed E-state index contributed by atoms with van der Waals surface area (Å²) >= 11 is 0. The van der Waals surface area contributed by atoms with Crippen molar-refractivity contribution in [3.8, 4) is 0 Å². The zero-order valence-electron chi connectivity index (χ0n) is 16.0. The van der Waals surface area contributed by atoms with Crippen LogP contribution in [0, 0.1) is 13.8 Å². The Morgan fingerprint density at radius 1 is 1.11 bits per heavy atom. The number of carbonyl (C=O) groups excluding carboxylic acids is 2. The summed E-state index contributed by atoms with van der Waals surface area (Å²) in [6, 6.07) is 10.00. The molecule has 2 N–H and O–H groups in total. The lowest BCUT2D eigenvalue weighted by atomic mass is 10.1. The van der Waals surface area contributed by atoms with Crippen LogP contribution in [0.3, 0.4) is 0 Å². The number of amides is 2. The van der Waals surface area contributed by atoms with Gasteiger partial charge in [-0.3, -0.25) is 14.5 Å². The fraction of sp³-hybridized carbons (Fsp3) is 0.429. The molecule has 0 unspecified atom stereocenters. The molecule has 27 heavy (non-hydrogen) atoms. The molecule has 1 aliphatic rings. The molecular formula is C21H27N3O3. The highest BCUT2D eigenvalue weighted by molar-refractivity contribution is 5.93. The van der Waals surface area contributed by atoms with Crippen LogP contribution in [0.4, 0.5) is 5.69 Å². The molecule has 0 saturated heterocycles. The summed E-state index contributed by atoms with van der Waals surface area (Å²) in [5, 5.41) is 5.88. The Morgan fingerprint density at radius 2 is 1.85 bits per heavy atom. The van der Waals surface area contributed by atoms with Crippen molar-refractivity contribution in [2.45, 2.75) is 45.7 Å². The Morgan fingerprint density at radius 3 is 2.48 bits per heavy atom. The molecule has 6 nitrogen and oxygen atoms in total. The van der Waals surface area contributed by atoms with Crippen molar-refractivity contribution in [1.82, 2.24) is 10.2 Å². The van der Waals surface area contributed by atoms with Crippen LogP contribution < -0.4 is 10.6 Å². The maximum absolute atomic E-state index is 12.5. The molecule has 144 valence electrons. The Hall–Kier alpha value is -2.60. The molecule has 1 saturated carbocycles. The lowest BCUT2D eigenvalue weighted by Crippen LogP contribution is -2.37. The van der Waals surface area contributed by atoms with Gasteiger partial charge >= 0.3 is 0 Å². The van der Waals surface area contributed by atoms with E-state index in [1.807, 2.05) is 38.1 Å². The molecule has 0 bridgehead atoms. The fourth-order valence-corrected chi connectivity index (χ4v) is 3.14. The number of anilines is 1. The molecule has 1 aromatic heterocycles. The van der Waals surface area contributed by atoms with Gasteiger partial charge in [-0.2, -0.15) is 0 Å². The summed E-state index contributed by atoms with van der Waals surface area (Å²) < 4.78 is 5.21. The van der Waals surface area contributed by atoms with Crippen molar-refractivity contribution >= 4 is 17.5 Å². The van der Waals surface area contributed by atoms with Gasteiger partial charge in [-0.05, 0) is 49.9 Å². The summed E-state index contributed by atoms with van der Waals surface area (Å²) in [4.78, 5) is 26.7. The van der Waals surface area contributed by atoms with Crippen molar-refractivity contribution in [3.63, 3.8) is 0 Å². The molecule has 0 radical (unpaired) electrons. The van der Waals surface area contributed by atoms with Crippen LogP contribution >= 0.6 is 0 Å². The first-order valence-electron chi connectivity index (χ1n) is 9.42. The van der Waals surface area contributed by atoms with E-state index in [0.29, 0.717) is 32.1 Å². The number of furan rings is 1. The number of nitrogens with zero attached hydrogens (tertiary/aromatic N) is 1. The molecule has 1 heterocycles. The average Bonchev–Trinajstić information content (AvgIpc) is 3.35. The number of hydrogen-bond acceptors (Lipinski definition) is 4. The van der Waals surface area contributed by atoms with Crippen molar-refractivity contribution < 1.29 is 14.0 Å². The van der Waals surface area contributed by atoms with E-state index in [4.69, 9.17) is 4.42 Å². The molecule has 0 aliphatic heterocycles. The van der Waals surface area contributed by atoms with E-state index in [-0.39, 0.29) is 11.8 Å². The number of aryl methyl sites for hydroxylation is 2. The number of benzene rings is 1. The quantitative estimate of drug-likeness (QED) is 0.713. The Kier molecular flexibility index (Phi) is 6.29. The molecule has 6 heteroatoms. The monoisotopic (exact) mass is 369 g/mol. The van der Waals surface area contributed by atoms with Crippen LogP contribution in [0.5, 0.6) is 0 Å². The van der Waals surface area contributed by atoms with Crippen molar-refractivity contribution in [2.24, 2.45) is 0 Å². The molecule has 2 aromatic rings. The number of rotatable bonds is 9. The van der Waals surface area contributed by atoms with Crippen LogP contribution in [-0.4, -0.2) is 35.8 Å². The minimum Gasteiger partial charge on any atom is -0.467 e. The second-order valence-electron chi connectivity index (χ2n) is 7.12. The van der Waals surface area contributed by atoms with E-state index in [1.54, 1.807) is 12.3 Å². The van der Waals surface area contributed by atoms with Gasteiger partial charge in [0, 0.05) is 24.7 Å². The topological polar surface area (TPSA) is 74.6 Å². The van der Waals surface area contributed by atoms with Gasteiger partial charge in [0.2, 0.25) is 11.8 Å². The van der Waals surface area contributed by atoms with Gasteiger partial charge in [0.1, 0.15) is 5.76 Å². The third-order valence-corrected chi connectivity index (χ3v) is 4.82. The maximum atomic E-state index is 12.5. The Labute approximate surface area is 159 Å². The number of nitrogens with one attached hydrogen (secondary N) is 2. The highest BCUT2D eigenvalue weighted by Gasteiger charge is 2.30. The largest absolute Gasteiger partial charge is 0.467 e. The summed E-state index contributed by atoms with van der Waals surface area (Å²) in [6.45, 7) is 5.26. The van der Waals surface area contributed by atoms with Gasteiger partial charge in [0.05, 0.1) is 19.4 Å². The molecule has 1 aliphatic carbocycles. The van der Waals surface area contributed by atoms with Crippen molar-refractivity contribution in [2.75, 3.05) is 18.4 Å². The SMILES string of the molecule is Cc1cccc(C)c1NC(=O)CN(CCC(=O)NCc1ccco1)C1CC1.